The van der Waals surface area contributed by atoms with Gasteiger partial charge in [-0.2, -0.15) is 5.26 Å². The van der Waals surface area contributed by atoms with Gasteiger partial charge < -0.3 is 10.6 Å². The fraction of sp³-hybridized carbons (Fsp3) is 0.462. The van der Waals surface area contributed by atoms with Crippen molar-refractivity contribution >= 4 is 17.3 Å². The van der Waals surface area contributed by atoms with E-state index in [0.29, 0.717) is 16.5 Å². The number of hydrogen-bond acceptors (Lipinski definition) is 3. The fourth-order valence-corrected chi connectivity index (χ4v) is 2.35. The van der Waals surface area contributed by atoms with E-state index in [9.17, 15) is 0 Å². The summed E-state index contributed by atoms with van der Waals surface area (Å²) in [7, 11) is 0. The van der Waals surface area contributed by atoms with Crippen molar-refractivity contribution < 1.29 is 0 Å². The van der Waals surface area contributed by atoms with Crippen LogP contribution in [0.1, 0.15) is 18.4 Å². The molecule has 0 radical (unpaired) electrons. The Hall–Kier alpha value is -1.24. The van der Waals surface area contributed by atoms with Crippen LogP contribution in [0.3, 0.4) is 0 Å². The average molecular weight is 250 g/mol. The van der Waals surface area contributed by atoms with Gasteiger partial charge in [-0.25, -0.2) is 0 Å². The summed E-state index contributed by atoms with van der Waals surface area (Å²) in [5, 5.41) is 16.3. The van der Waals surface area contributed by atoms with E-state index in [0.717, 1.165) is 25.3 Å². The number of hydrogen-bond donors (Lipinski definition) is 2. The van der Waals surface area contributed by atoms with Crippen molar-refractivity contribution in [2.24, 2.45) is 5.92 Å². The van der Waals surface area contributed by atoms with Crippen molar-refractivity contribution in [3.8, 4) is 6.07 Å². The number of nitrogens with zero attached hydrogens (tertiary/aromatic N) is 1. The maximum Gasteiger partial charge on any atom is 0.103 e. The molecule has 17 heavy (non-hydrogen) atoms. The Kier molecular flexibility index (Phi) is 4.24. The third-order valence-electron chi connectivity index (χ3n) is 3.11. The normalized spacial score (nSPS) is 19.6. The third-order valence-corrected chi connectivity index (χ3v) is 3.42. The van der Waals surface area contributed by atoms with Crippen LogP contribution in [-0.2, 0) is 0 Å². The van der Waals surface area contributed by atoms with Crippen LogP contribution >= 0.6 is 11.6 Å². The van der Waals surface area contributed by atoms with Gasteiger partial charge in [-0.15, -0.1) is 0 Å². The van der Waals surface area contributed by atoms with Crippen LogP contribution in [0.2, 0.25) is 5.02 Å². The zero-order valence-electron chi connectivity index (χ0n) is 9.67. The predicted molar refractivity (Wildman–Crippen MR) is 70.3 cm³/mol. The Morgan fingerprint density at radius 1 is 1.53 bits per heavy atom. The molecule has 1 heterocycles. The summed E-state index contributed by atoms with van der Waals surface area (Å²) < 4.78 is 0. The van der Waals surface area contributed by atoms with E-state index in [-0.39, 0.29) is 0 Å². The lowest BCUT2D eigenvalue weighted by molar-refractivity contribution is 0.393. The van der Waals surface area contributed by atoms with Gasteiger partial charge in [-0.05, 0) is 44.0 Å². The zero-order valence-corrected chi connectivity index (χ0v) is 10.4. The van der Waals surface area contributed by atoms with Gasteiger partial charge in [-0.1, -0.05) is 17.7 Å². The third kappa shape index (κ3) is 3.12. The number of nitriles is 1. The average Bonchev–Trinajstić information content (AvgIpc) is 2.37. The summed E-state index contributed by atoms with van der Waals surface area (Å²) in [4.78, 5) is 0. The van der Waals surface area contributed by atoms with E-state index in [1.807, 2.05) is 12.1 Å². The molecule has 1 aromatic rings. The van der Waals surface area contributed by atoms with Crippen molar-refractivity contribution in [2.75, 3.05) is 25.0 Å². The second kappa shape index (κ2) is 5.90. The molecule has 1 unspecified atom stereocenters. The van der Waals surface area contributed by atoms with Crippen LogP contribution in [0.25, 0.3) is 0 Å². The van der Waals surface area contributed by atoms with E-state index < -0.39 is 0 Å². The first-order valence-electron chi connectivity index (χ1n) is 5.94. The Bertz CT molecular complexity index is 419. The number of rotatable bonds is 3. The molecule has 2 rings (SSSR count). The molecule has 1 atom stereocenters. The quantitative estimate of drug-likeness (QED) is 0.866. The summed E-state index contributed by atoms with van der Waals surface area (Å²) >= 11 is 5.98. The van der Waals surface area contributed by atoms with E-state index in [4.69, 9.17) is 16.9 Å². The molecule has 0 saturated carbocycles. The highest BCUT2D eigenvalue weighted by Crippen LogP contribution is 2.23. The zero-order chi connectivity index (χ0) is 12.1. The lowest BCUT2D eigenvalue weighted by atomic mass is 9.99. The predicted octanol–water partition coefficient (Wildman–Crippen LogP) is 2.62. The van der Waals surface area contributed by atoms with Gasteiger partial charge in [0.1, 0.15) is 6.07 Å². The lowest BCUT2D eigenvalue weighted by Gasteiger charge is -2.23. The topological polar surface area (TPSA) is 47.9 Å². The second-order valence-electron chi connectivity index (χ2n) is 4.37. The molecule has 0 aliphatic carbocycles. The van der Waals surface area contributed by atoms with E-state index >= 15 is 0 Å². The van der Waals surface area contributed by atoms with Gasteiger partial charge in [0, 0.05) is 6.54 Å². The minimum absolute atomic E-state index is 0.513. The van der Waals surface area contributed by atoms with Crippen molar-refractivity contribution in [2.45, 2.75) is 12.8 Å². The van der Waals surface area contributed by atoms with Crippen LogP contribution < -0.4 is 10.6 Å². The van der Waals surface area contributed by atoms with Crippen molar-refractivity contribution in [3.05, 3.63) is 28.8 Å². The number of benzene rings is 1. The molecule has 0 bridgehead atoms. The molecular formula is C13H16ClN3. The second-order valence-corrected chi connectivity index (χ2v) is 4.77. The van der Waals surface area contributed by atoms with Crippen LogP contribution in [0, 0.1) is 17.2 Å². The molecule has 4 heteroatoms. The Balaban J connectivity index is 1.99. The van der Waals surface area contributed by atoms with Crippen molar-refractivity contribution in [3.63, 3.8) is 0 Å². The summed E-state index contributed by atoms with van der Waals surface area (Å²) in [5.74, 6) is 0.634. The molecule has 1 aliphatic heterocycles. The molecule has 1 saturated heterocycles. The van der Waals surface area contributed by atoms with E-state index in [1.165, 1.54) is 12.8 Å². The first-order valence-corrected chi connectivity index (χ1v) is 6.32. The fourth-order valence-electron chi connectivity index (χ4n) is 2.14. The minimum atomic E-state index is 0.513. The Morgan fingerprint density at radius 2 is 2.41 bits per heavy atom. The molecule has 1 aromatic carbocycles. The summed E-state index contributed by atoms with van der Waals surface area (Å²) in [6.07, 6.45) is 2.47. The minimum Gasteiger partial charge on any atom is -0.384 e. The molecule has 90 valence electrons. The molecule has 0 amide bonds. The monoisotopic (exact) mass is 249 g/mol. The maximum atomic E-state index is 9.05. The van der Waals surface area contributed by atoms with Crippen molar-refractivity contribution in [1.29, 1.82) is 5.26 Å². The number of anilines is 1. The van der Waals surface area contributed by atoms with E-state index in [1.54, 1.807) is 6.07 Å². The molecule has 3 nitrogen and oxygen atoms in total. The molecular weight excluding hydrogens is 234 g/mol. The van der Waals surface area contributed by atoms with Crippen LogP contribution in [-0.4, -0.2) is 19.6 Å². The molecule has 0 spiro atoms. The van der Waals surface area contributed by atoms with Gasteiger partial charge in [0.15, 0.2) is 0 Å². The number of nitrogens with one attached hydrogen (secondary N) is 2. The number of halogens is 1. The van der Waals surface area contributed by atoms with E-state index in [2.05, 4.69) is 16.7 Å². The van der Waals surface area contributed by atoms with Gasteiger partial charge in [-0.3, -0.25) is 0 Å². The highest BCUT2D eigenvalue weighted by atomic mass is 35.5. The first-order chi connectivity index (χ1) is 8.31. The summed E-state index contributed by atoms with van der Waals surface area (Å²) in [6, 6.07) is 7.65. The van der Waals surface area contributed by atoms with Gasteiger partial charge in [0.2, 0.25) is 0 Å². The molecule has 1 fully saturated rings. The summed E-state index contributed by atoms with van der Waals surface area (Å²) in [5.41, 5.74) is 1.38. The van der Waals surface area contributed by atoms with Crippen molar-refractivity contribution in [1.82, 2.24) is 5.32 Å². The van der Waals surface area contributed by atoms with Crippen LogP contribution in [0.4, 0.5) is 5.69 Å². The molecule has 2 N–H and O–H groups in total. The lowest BCUT2D eigenvalue weighted by Crippen LogP contribution is -2.33. The highest BCUT2D eigenvalue weighted by Gasteiger charge is 2.13. The standard InChI is InChI=1S/C13H16ClN3/c14-12-4-1-5-13(11(12)7-15)17-9-10-3-2-6-16-8-10/h1,4-5,10,16-17H,2-3,6,8-9H2. The van der Waals surface area contributed by atoms with Crippen LogP contribution in [0.15, 0.2) is 18.2 Å². The molecule has 1 aliphatic rings. The first kappa shape index (κ1) is 12.2. The Labute approximate surface area is 107 Å². The van der Waals surface area contributed by atoms with Gasteiger partial charge >= 0.3 is 0 Å². The highest BCUT2D eigenvalue weighted by molar-refractivity contribution is 6.32. The maximum absolute atomic E-state index is 9.05. The SMILES string of the molecule is N#Cc1c(Cl)cccc1NCC1CCCNC1. The number of piperidine rings is 1. The molecule has 0 aromatic heterocycles. The summed E-state index contributed by atoms with van der Waals surface area (Å²) in [6.45, 7) is 3.06. The largest absolute Gasteiger partial charge is 0.384 e. The van der Waals surface area contributed by atoms with Gasteiger partial charge in [0.05, 0.1) is 16.3 Å². The smallest absolute Gasteiger partial charge is 0.103 e. The van der Waals surface area contributed by atoms with Gasteiger partial charge in [0.25, 0.3) is 0 Å². The Morgan fingerprint density at radius 3 is 3.12 bits per heavy atom. The van der Waals surface area contributed by atoms with Crippen LogP contribution in [0.5, 0.6) is 0 Å².